The average Bonchev–Trinajstić information content (AvgIpc) is 2.84. The van der Waals surface area contributed by atoms with E-state index in [2.05, 4.69) is 24.0 Å². The Labute approximate surface area is 192 Å². The summed E-state index contributed by atoms with van der Waals surface area (Å²) < 4.78 is 21.4. The van der Waals surface area contributed by atoms with Crippen LogP contribution in [0.4, 0.5) is 4.79 Å². The average molecular weight is 450 g/mol. The summed E-state index contributed by atoms with van der Waals surface area (Å²) in [5, 5.41) is 4.47. The predicted octanol–water partition coefficient (Wildman–Crippen LogP) is 4.30. The number of amides is 1. The first kappa shape index (κ1) is 23.8. The van der Waals surface area contributed by atoms with Gasteiger partial charge in [-0.05, 0) is 35.2 Å². The maximum atomic E-state index is 12.0. The van der Waals surface area contributed by atoms with E-state index in [0.29, 0.717) is 12.4 Å². The number of esters is 1. The van der Waals surface area contributed by atoms with Crippen molar-refractivity contribution in [2.45, 2.75) is 6.42 Å². The van der Waals surface area contributed by atoms with Gasteiger partial charge in [0.15, 0.2) is 0 Å². The summed E-state index contributed by atoms with van der Waals surface area (Å²) in [5.41, 5.74) is 1.22. The number of rotatable bonds is 12. The van der Waals surface area contributed by atoms with Gasteiger partial charge in [-0.1, -0.05) is 49.0 Å². The van der Waals surface area contributed by atoms with Crippen molar-refractivity contribution in [2.75, 3.05) is 33.0 Å². The van der Waals surface area contributed by atoms with Crippen molar-refractivity contribution in [2.24, 2.45) is 0 Å². The fraction of sp³-hybridized carbons (Fsp3) is 0.231. The van der Waals surface area contributed by atoms with E-state index >= 15 is 0 Å². The lowest BCUT2D eigenvalue weighted by Crippen LogP contribution is -2.30. The quantitative estimate of drug-likeness (QED) is 0.252. The van der Waals surface area contributed by atoms with Crippen LogP contribution in [0.2, 0.25) is 0 Å². The molecule has 7 nitrogen and oxygen atoms in total. The topological polar surface area (TPSA) is 83.1 Å². The summed E-state index contributed by atoms with van der Waals surface area (Å²) in [4.78, 5) is 22.9. The molecule has 0 bridgehead atoms. The van der Waals surface area contributed by atoms with Crippen LogP contribution in [0, 0.1) is 0 Å². The van der Waals surface area contributed by atoms with Gasteiger partial charge in [0.25, 0.3) is 0 Å². The fourth-order valence-corrected chi connectivity index (χ4v) is 3.08. The highest BCUT2D eigenvalue weighted by Gasteiger charge is 2.08. The van der Waals surface area contributed by atoms with Gasteiger partial charge in [-0.15, -0.1) is 0 Å². The lowest BCUT2D eigenvalue weighted by Gasteiger charge is -2.11. The van der Waals surface area contributed by atoms with E-state index in [4.69, 9.17) is 18.9 Å². The Hall–Kier alpha value is -3.84. The van der Waals surface area contributed by atoms with Crippen molar-refractivity contribution in [1.29, 1.82) is 0 Å². The monoisotopic (exact) mass is 449 g/mol. The third-order valence-electron chi connectivity index (χ3n) is 4.67. The van der Waals surface area contributed by atoms with Crippen LogP contribution in [0.5, 0.6) is 11.5 Å². The molecule has 3 aromatic carbocycles. The molecule has 1 amide bonds. The lowest BCUT2D eigenvalue weighted by atomic mass is 10.1. The molecule has 0 saturated carbocycles. The van der Waals surface area contributed by atoms with E-state index in [0.717, 1.165) is 29.0 Å². The van der Waals surface area contributed by atoms with Crippen LogP contribution < -0.4 is 14.8 Å². The molecule has 0 spiro atoms. The molecule has 0 heterocycles. The van der Waals surface area contributed by atoms with Crippen LogP contribution in [-0.4, -0.2) is 45.0 Å². The van der Waals surface area contributed by atoms with Gasteiger partial charge < -0.3 is 24.3 Å². The van der Waals surface area contributed by atoms with Crippen LogP contribution >= 0.6 is 0 Å². The second-order valence-corrected chi connectivity index (χ2v) is 7.02. The molecule has 3 rings (SSSR count). The molecule has 1 N–H and O–H groups in total. The van der Waals surface area contributed by atoms with Gasteiger partial charge in [0.2, 0.25) is 0 Å². The van der Waals surface area contributed by atoms with Crippen molar-refractivity contribution in [3.63, 3.8) is 0 Å². The van der Waals surface area contributed by atoms with Crippen molar-refractivity contribution in [3.8, 4) is 11.5 Å². The Bertz CT molecular complexity index is 1070. The van der Waals surface area contributed by atoms with E-state index < -0.39 is 12.1 Å². The predicted molar refractivity (Wildman–Crippen MR) is 126 cm³/mol. The molecule has 33 heavy (non-hydrogen) atoms. The fourth-order valence-electron chi connectivity index (χ4n) is 3.08. The van der Waals surface area contributed by atoms with Gasteiger partial charge in [-0.3, -0.25) is 0 Å². The van der Waals surface area contributed by atoms with Crippen LogP contribution in [0.15, 0.2) is 79.4 Å². The minimum absolute atomic E-state index is 0.129. The smallest absolute Gasteiger partial charge is 0.412 e. The van der Waals surface area contributed by atoms with E-state index in [9.17, 15) is 9.59 Å². The molecule has 7 heteroatoms. The van der Waals surface area contributed by atoms with Gasteiger partial charge in [-0.25, -0.2) is 9.59 Å². The number of hydrogen-bond donors (Lipinski definition) is 1. The molecule has 0 aliphatic rings. The van der Waals surface area contributed by atoms with Crippen molar-refractivity contribution >= 4 is 22.8 Å². The minimum atomic E-state index is -0.577. The molecule has 0 aliphatic heterocycles. The summed E-state index contributed by atoms with van der Waals surface area (Å²) in [6.45, 7) is 4.77. The maximum absolute atomic E-state index is 12.0. The number of nitrogens with one attached hydrogen (secondary N) is 1. The Morgan fingerprint density at radius 1 is 0.909 bits per heavy atom. The zero-order chi connectivity index (χ0) is 23.3. The van der Waals surface area contributed by atoms with E-state index in [1.807, 2.05) is 42.5 Å². The number of hydrogen-bond acceptors (Lipinski definition) is 6. The molecular weight excluding hydrogens is 422 g/mol. The molecule has 0 unspecified atom stereocenters. The van der Waals surface area contributed by atoms with Crippen LogP contribution in [0.25, 0.3) is 10.8 Å². The molecule has 3 aromatic rings. The Balaban J connectivity index is 1.43. The molecule has 0 atom stereocenters. The van der Waals surface area contributed by atoms with Gasteiger partial charge in [0.05, 0.1) is 19.8 Å². The lowest BCUT2D eigenvalue weighted by molar-refractivity contribution is -0.139. The number of carbonyl (C=O) groups is 2. The molecule has 0 fully saturated rings. The summed E-state index contributed by atoms with van der Waals surface area (Å²) >= 11 is 0. The summed E-state index contributed by atoms with van der Waals surface area (Å²) in [6, 6.07) is 21.4. The van der Waals surface area contributed by atoms with Crippen molar-refractivity contribution in [1.82, 2.24) is 5.32 Å². The van der Waals surface area contributed by atoms with Crippen LogP contribution in [0.1, 0.15) is 5.56 Å². The maximum Gasteiger partial charge on any atom is 0.412 e. The second-order valence-electron chi connectivity index (χ2n) is 7.02. The third-order valence-corrected chi connectivity index (χ3v) is 4.67. The van der Waals surface area contributed by atoms with Crippen LogP contribution in [-0.2, 0) is 20.7 Å². The highest BCUT2D eigenvalue weighted by molar-refractivity contribution is 5.90. The highest BCUT2D eigenvalue weighted by atomic mass is 16.6. The number of benzene rings is 3. The number of carbonyl (C=O) groups excluding carboxylic acids is 2. The van der Waals surface area contributed by atoms with Gasteiger partial charge in [0, 0.05) is 24.4 Å². The summed E-state index contributed by atoms with van der Waals surface area (Å²) in [6.07, 6.45) is 1.33. The first-order chi connectivity index (χ1) is 16.2. The van der Waals surface area contributed by atoms with Gasteiger partial charge >= 0.3 is 12.1 Å². The molecule has 0 aromatic heterocycles. The first-order valence-electron chi connectivity index (χ1n) is 10.7. The van der Waals surface area contributed by atoms with E-state index in [1.54, 1.807) is 12.1 Å². The molecule has 172 valence electrons. The first-order valence-corrected chi connectivity index (χ1v) is 10.7. The third kappa shape index (κ3) is 7.97. The number of ether oxygens (including phenoxy) is 4. The van der Waals surface area contributed by atoms with Crippen molar-refractivity contribution < 1.29 is 28.5 Å². The summed E-state index contributed by atoms with van der Waals surface area (Å²) in [7, 11) is 0. The second kappa shape index (κ2) is 12.9. The highest BCUT2D eigenvalue weighted by Crippen LogP contribution is 2.29. The van der Waals surface area contributed by atoms with E-state index in [1.165, 1.54) is 5.56 Å². The normalized spacial score (nSPS) is 10.4. The van der Waals surface area contributed by atoms with Gasteiger partial charge in [0.1, 0.15) is 18.1 Å². The van der Waals surface area contributed by atoms with E-state index in [-0.39, 0.29) is 26.4 Å². The zero-order valence-corrected chi connectivity index (χ0v) is 18.3. The summed E-state index contributed by atoms with van der Waals surface area (Å²) in [5.74, 6) is 0.718. The zero-order valence-electron chi connectivity index (χ0n) is 18.3. The molecule has 0 radical (unpaired) electrons. The number of fused-ring (bicyclic) bond motifs is 1. The Morgan fingerprint density at radius 2 is 1.76 bits per heavy atom. The van der Waals surface area contributed by atoms with Crippen LogP contribution in [0.3, 0.4) is 0 Å². The minimum Gasteiger partial charge on any atom is -0.493 e. The standard InChI is InChI=1S/C26H27NO6/c1-2-25(28)32-18-17-30-16-14-27-26(29)33-22-11-12-23-21(19-22)9-6-10-24(23)31-15-13-20-7-4-3-5-8-20/h2-12,19H,1,13-18H2,(H,27,29). The van der Waals surface area contributed by atoms with Crippen molar-refractivity contribution in [3.05, 3.63) is 84.9 Å². The molecule has 0 aliphatic carbocycles. The molecular formula is C26H27NO6. The van der Waals surface area contributed by atoms with Gasteiger partial charge in [-0.2, -0.15) is 0 Å². The SMILES string of the molecule is C=CC(=O)OCCOCCNC(=O)Oc1ccc2c(OCCc3ccccc3)cccc2c1. The largest absolute Gasteiger partial charge is 0.493 e. The Kier molecular flexibility index (Phi) is 9.29. The molecule has 0 saturated heterocycles. The Morgan fingerprint density at radius 3 is 2.58 bits per heavy atom.